The van der Waals surface area contributed by atoms with Gasteiger partial charge in [0.1, 0.15) is 0 Å². The first kappa shape index (κ1) is 25.8. The van der Waals surface area contributed by atoms with Crippen LogP contribution in [0.25, 0.3) is 11.1 Å². The number of aromatic nitrogens is 1. The highest BCUT2D eigenvalue weighted by molar-refractivity contribution is 7.15. The van der Waals surface area contributed by atoms with E-state index in [1.165, 1.54) is 29.5 Å². The number of thiazole rings is 1. The van der Waals surface area contributed by atoms with Crippen LogP contribution in [0.3, 0.4) is 0 Å². The van der Waals surface area contributed by atoms with E-state index in [0.717, 1.165) is 40.6 Å². The molecule has 0 bridgehead atoms. The highest BCUT2D eigenvalue weighted by Gasteiger charge is 2.36. The second-order valence-electron chi connectivity index (χ2n) is 9.86. The van der Waals surface area contributed by atoms with E-state index in [0.29, 0.717) is 4.88 Å². The zero-order valence-electron chi connectivity index (χ0n) is 21.0. The number of amides is 2. The largest absolute Gasteiger partial charge is 0.416 e. The maximum absolute atomic E-state index is 13.5. The summed E-state index contributed by atoms with van der Waals surface area (Å²) in [4.78, 5) is 32.2. The van der Waals surface area contributed by atoms with E-state index in [2.05, 4.69) is 22.4 Å². The summed E-state index contributed by atoms with van der Waals surface area (Å²) in [6.07, 6.45) is -2.38. The number of carbonyl (C=O) groups is 2. The lowest BCUT2D eigenvalue weighted by atomic mass is 10.0. The normalized spacial score (nSPS) is 16.0. The summed E-state index contributed by atoms with van der Waals surface area (Å²) in [5.74, 6) is -1.09. The molecule has 1 aliphatic carbocycles. The molecule has 1 unspecified atom stereocenters. The molecule has 1 aromatic heterocycles. The zero-order valence-corrected chi connectivity index (χ0v) is 21.8. The molecule has 1 N–H and O–H groups in total. The van der Waals surface area contributed by atoms with Gasteiger partial charge in [0.05, 0.1) is 23.1 Å². The summed E-state index contributed by atoms with van der Waals surface area (Å²) in [6, 6.07) is 19.3. The Bertz CT molecular complexity index is 1710. The van der Waals surface area contributed by atoms with E-state index in [1.807, 2.05) is 30.3 Å². The molecular weight excluding hydrogens is 537 g/mol. The van der Waals surface area contributed by atoms with Crippen molar-refractivity contribution in [1.29, 1.82) is 5.26 Å². The fourth-order valence-electron chi connectivity index (χ4n) is 5.34. The standard InChI is InChI=1S/C30H21F3N4O2S/c31-30(32,33)26-9-17(14-34)5-6-19(26)12-23-15-35-29(40-23)36-28(39)21-13-27(38)37(16-21)22-7-8-25-20(11-22)10-18-3-1-2-4-24(18)25/h1-9,11,15,21H,10,12-13,16H2,(H,35,36,39). The van der Waals surface area contributed by atoms with Gasteiger partial charge in [0.15, 0.2) is 5.13 Å². The summed E-state index contributed by atoms with van der Waals surface area (Å²) in [7, 11) is 0. The quantitative estimate of drug-likeness (QED) is 0.279. The molecule has 6 rings (SSSR count). The summed E-state index contributed by atoms with van der Waals surface area (Å²) in [6.45, 7) is 0.231. The molecule has 200 valence electrons. The van der Waals surface area contributed by atoms with Crippen LogP contribution in [-0.2, 0) is 28.6 Å². The minimum absolute atomic E-state index is 0.0162. The van der Waals surface area contributed by atoms with Gasteiger partial charge in [-0.15, -0.1) is 11.3 Å². The molecule has 2 aliphatic rings. The maximum Gasteiger partial charge on any atom is 0.416 e. The van der Waals surface area contributed by atoms with Crippen molar-refractivity contribution < 1.29 is 22.8 Å². The third-order valence-electron chi connectivity index (χ3n) is 7.28. The Morgan fingerprint density at radius 3 is 2.70 bits per heavy atom. The maximum atomic E-state index is 13.5. The number of nitrogens with one attached hydrogen (secondary N) is 1. The van der Waals surface area contributed by atoms with Gasteiger partial charge in [-0.05, 0) is 58.5 Å². The summed E-state index contributed by atoms with van der Waals surface area (Å²) in [5, 5.41) is 11.9. The lowest BCUT2D eigenvalue weighted by Gasteiger charge is -2.18. The number of hydrogen-bond donors (Lipinski definition) is 1. The highest BCUT2D eigenvalue weighted by atomic mass is 32.1. The van der Waals surface area contributed by atoms with Gasteiger partial charge in [0, 0.05) is 36.1 Å². The second kappa shape index (κ2) is 9.92. The SMILES string of the molecule is N#Cc1ccc(Cc2cnc(NC(=O)C3CC(=O)N(c4ccc5c(c4)Cc4ccccc4-5)C3)s2)c(C(F)(F)F)c1. The number of hydrogen-bond acceptors (Lipinski definition) is 5. The predicted molar refractivity (Wildman–Crippen MR) is 145 cm³/mol. The number of alkyl halides is 3. The van der Waals surface area contributed by atoms with Crippen molar-refractivity contribution in [3.05, 3.63) is 99.6 Å². The number of rotatable bonds is 5. The monoisotopic (exact) mass is 558 g/mol. The van der Waals surface area contributed by atoms with Gasteiger partial charge >= 0.3 is 6.18 Å². The van der Waals surface area contributed by atoms with Gasteiger partial charge in [0.2, 0.25) is 11.8 Å². The molecule has 40 heavy (non-hydrogen) atoms. The summed E-state index contributed by atoms with van der Waals surface area (Å²) >= 11 is 1.08. The molecule has 10 heteroatoms. The van der Waals surface area contributed by atoms with Crippen LogP contribution >= 0.6 is 11.3 Å². The fourth-order valence-corrected chi connectivity index (χ4v) is 6.18. The zero-order chi connectivity index (χ0) is 28.0. The van der Waals surface area contributed by atoms with Crippen LogP contribution in [0.2, 0.25) is 0 Å². The van der Waals surface area contributed by atoms with Crippen molar-refractivity contribution in [2.75, 3.05) is 16.8 Å². The lowest BCUT2D eigenvalue weighted by Crippen LogP contribution is -2.28. The van der Waals surface area contributed by atoms with Crippen LogP contribution in [0.5, 0.6) is 0 Å². The Hall–Kier alpha value is -4.49. The number of fused-ring (bicyclic) bond motifs is 3. The fraction of sp³-hybridized carbons (Fsp3) is 0.200. The molecule has 1 fully saturated rings. The van der Waals surface area contributed by atoms with Gasteiger partial charge < -0.3 is 10.2 Å². The Kier molecular flexibility index (Phi) is 6.39. The Morgan fingerprint density at radius 1 is 1.10 bits per heavy atom. The topological polar surface area (TPSA) is 86.1 Å². The van der Waals surface area contributed by atoms with Crippen molar-refractivity contribution in [2.24, 2.45) is 5.92 Å². The smallest absolute Gasteiger partial charge is 0.312 e. The van der Waals surface area contributed by atoms with Crippen LogP contribution < -0.4 is 10.2 Å². The Balaban J connectivity index is 1.12. The third kappa shape index (κ3) is 4.84. The molecule has 0 saturated carbocycles. The first-order valence-corrected chi connectivity index (χ1v) is 13.4. The molecular formula is C30H21F3N4O2S. The predicted octanol–water partition coefficient (Wildman–Crippen LogP) is 6.19. The van der Waals surface area contributed by atoms with E-state index in [-0.39, 0.29) is 47.5 Å². The number of anilines is 2. The number of carbonyl (C=O) groups excluding carboxylic acids is 2. The van der Waals surface area contributed by atoms with Crippen LogP contribution in [-0.4, -0.2) is 23.3 Å². The van der Waals surface area contributed by atoms with E-state index in [4.69, 9.17) is 5.26 Å². The number of halogens is 3. The minimum atomic E-state index is -4.60. The van der Waals surface area contributed by atoms with Crippen molar-refractivity contribution in [3.8, 4) is 17.2 Å². The summed E-state index contributed by atoms with van der Waals surface area (Å²) in [5.41, 5.74) is 4.58. The van der Waals surface area contributed by atoms with Gasteiger partial charge in [-0.3, -0.25) is 9.59 Å². The molecule has 2 heterocycles. The molecule has 1 saturated heterocycles. The number of benzene rings is 3. The van der Waals surface area contributed by atoms with Gasteiger partial charge in [0.25, 0.3) is 0 Å². The third-order valence-corrected chi connectivity index (χ3v) is 8.19. The number of nitriles is 1. The van der Waals surface area contributed by atoms with Gasteiger partial charge in [-0.1, -0.05) is 36.4 Å². The van der Waals surface area contributed by atoms with Crippen LogP contribution in [0.15, 0.2) is 66.9 Å². The average Bonchev–Trinajstić information content (AvgIpc) is 3.64. The van der Waals surface area contributed by atoms with Gasteiger partial charge in [-0.25, -0.2) is 4.98 Å². The first-order valence-electron chi connectivity index (χ1n) is 12.6. The molecule has 2 amide bonds. The summed E-state index contributed by atoms with van der Waals surface area (Å²) < 4.78 is 40.6. The van der Waals surface area contributed by atoms with Crippen molar-refractivity contribution in [2.45, 2.75) is 25.4 Å². The van der Waals surface area contributed by atoms with E-state index in [9.17, 15) is 22.8 Å². The first-order chi connectivity index (χ1) is 19.2. The van der Waals surface area contributed by atoms with E-state index >= 15 is 0 Å². The van der Waals surface area contributed by atoms with Crippen LogP contribution in [0, 0.1) is 17.2 Å². The van der Waals surface area contributed by atoms with Crippen LogP contribution in [0.4, 0.5) is 24.0 Å². The molecule has 1 atom stereocenters. The average molecular weight is 559 g/mol. The van der Waals surface area contributed by atoms with E-state index in [1.54, 1.807) is 11.0 Å². The second-order valence-corrected chi connectivity index (χ2v) is 11.0. The Morgan fingerprint density at radius 2 is 1.90 bits per heavy atom. The van der Waals surface area contributed by atoms with Crippen LogP contribution in [0.1, 0.15) is 39.1 Å². The molecule has 4 aromatic rings. The minimum Gasteiger partial charge on any atom is -0.312 e. The molecule has 0 radical (unpaired) electrons. The number of nitrogens with zero attached hydrogens (tertiary/aromatic N) is 3. The molecule has 3 aromatic carbocycles. The molecule has 0 spiro atoms. The van der Waals surface area contributed by atoms with Crippen molar-refractivity contribution >= 4 is 34.0 Å². The van der Waals surface area contributed by atoms with Crippen molar-refractivity contribution in [1.82, 2.24) is 4.98 Å². The highest BCUT2D eigenvalue weighted by Crippen LogP contribution is 2.39. The lowest BCUT2D eigenvalue weighted by molar-refractivity contribution is -0.138. The van der Waals surface area contributed by atoms with E-state index < -0.39 is 17.7 Å². The Labute approximate surface area is 231 Å². The molecule has 1 aliphatic heterocycles. The van der Waals surface area contributed by atoms with Gasteiger partial charge in [-0.2, -0.15) is 18.4 Å². The molecule has 6 nitrogen and oxygen atoms in total. The van der Waals surface area contributed by atoms with Crippen molar-refractivity contribution in [3.63, 3.8) is 0 Å².